The van der Waals surface area contributed by atoms with E-state index in [0.717, 1.165) is 5.56 Å². The zero-order valence-electron chi connectivity index (χ0n) is 14.1. The molecule has 1 amide bonds. The summed E-state index contributed by atoms with van der Waals surface area (Å²) in [5.41, 5.74) is 2.41. The number of nitrogens with zero attached hydrogens (tertiary/aromatic N) is 1. The minimum Gasteiger partial charge on any atom is -0.342 e. The molecule has 3 rings (SSSR count). The molecular weight excluding hydrogens is 312 g/mol. The molecule has 2 aromatic carbocycles. The van der Waals surface area contributed by atoms with Gasteiger partial charge in [0.15, 0.2) is 5.78 Å². The van der Waals surface area contributed by atoms with Gasteiger partial charge >= 0.3 is 0 Å². The maximum atomic E-state index is 12.8. The number of amides is 1. The topological polar surface area (TPSA) is 51.1 Å². The van der Waals surface area contributed by atoms with Crippen LogP contribution in [0.3, 0.4) is 0 Å². The molecular formula is C21H20N2O2. The van der Waals surface area contributed by atoms with Gasteiger partial charge in [0.2, 0.25) is 5.91 Å². The highest BCUT2D eigenvalue weighted by Crippen LogP contribution is 2.18. The lowest BCUT2D eigenvalue weighted by Crippen LogP contribution is -2.27. The Morgan fingerprint density at radius 1 is 0.920 bits per heavy atom. The largest absolute Gasteiger partial charge is 0.342 e. The van der Waals surface area contributed by atoms with E-state index < -0.39 is 0 Å². The van der Waals surface area contributed by atoms with Crippen LogP contribution in [-0.2, 0) is 11.2 Å². The summed E-state index contributed by atoms with van der Waals surface area (Å²) in [5.74, 6) is -0.0807. The average molecular weight is 332 g/mol. The minimum atomic E-state index is -0.343. The summed E-state index contributed by atoms with van der Waals surface area (Å²) in [7, 11) is 0. The van der Waals surface area contributed by atoms with Crippen molar-refractivity contribution in [2.75, 3.05) is 5.32 Å². The number of aromatic nitrogens is 1. The van der Waals surface area contributed by atoms with Crippen molar-refractivity contribution in [2.24, 2.45) is 0 Å². The third-order valence-electron chi connectivity index (χ3n) is 4.12. The van der Waals surface area contributed by atoms with Crippen LogP contribution < -0.4 is 5.32 Å². The molecule has 4 nitrogen and oxygen atoms in total. The molecule has 1 heterocycles. The molecule has 0 aliphatic heterocycles. The summed E-state index contributed by atoms with van der Waals surface area (Å²) in [6.45, 7) is 1.52. The van der Waals surface area contributed by atoms with E-state index in [0.29, 0.717) is 17.7 Å². The lowest BCUT2D eigenvalue weighted by atomic mass is 10.0. The molecule has 1 aromatic heterocycles. The number of Topliss-reactive ketones (excluding diaryl/α,β-unsaturated/α-hetero) is 1. The van der Waals surface area contributed by atoms with Crippen molar-refractivity contribution in [3.05, 3.63) is 90.3 Å². The number of ketones is 1. The van der Waals surface area contributed by atoms with Gasteiger partial charge in [-0.15, -0.1) is 0 Å². The second-order valence-corrected chi connectivity index (χ2v) is 5.96. The summed E-state index contributed by atoms with van der Waals surface area (Å²) in [6.07, 6.45) is 4.39. The third-order valence-corrected chi connectivity index (χ3v) is 4.12. The van der Waals surface area contributed by atoms with E-state index in [-0.39, 0.29) is 17.7 Å². The maximum Gasteiger partial charge on any atom is 0.247 e. The van der Waals surface area contributed by atoms with Gasteiger partial charge in [0.25, 0.3) is 0 Å². The normalized spacial score (nSPS) is 11.7. The Kier molecular flexibility index (Phi) is 5.09. The molecule has 0 aliphatic rings. The fraction of sp³-hybridized carbons (Fsp3) is 0.143. The van der Waals surface area contributed by atoms with Gasteiger partial charge in [0, 0.05) is 30.1 Å². The van der Waals surface area contributed by atoms with Gasteiger partial charge < -0.3 is 9.88 Å². The van der Waals surface area contributed by atoms with Gasteiger partial charge in [-0.3, -0.25) is 9.59 Å². The van der Waals surface area contributed by atoms with Crippen LogP contribution in [-0.4, -0.2) is 16.3 Å². The number of carbonyl (C=O) groups is 2. The monoisotopic (exact) mass is 332 g/mol. The second kappa shape index (κ2) is 7.62. The van der Waals surface area contributed by atoms with Crippen LogP contribution in [0, 0.1) is 0 Å². The van der Waals surface area contributed by atoms with Crippen molar-refractivity contribution < 1.29 is 9.59 Å². The first-order chi connectivity index (χ1) is 12.1. The van der Waals surface area contributed by atoms with Crippen LogP contribution in [0.5, 0.6) is 0 Å². The van der Waals surface area contributed by atoms with Crippen LogP contribution in [0.15, 0.2) is 79.1 Å². The predicted molar refractivity (Wildman–Crippen MR) is 98.7 cm³/mol. The number of benzene rings is 2. The molecule has 1 atom stereocenters. The molecule has 0 radical (unpaired) electrons. The smallest absolute Gasteiger partial charge is 0.247 e. The summed E-state index contributed by atoms with van der Waals surface area (Å²) < 4.78 is 1.91. The van der Waals surface area contributed by atoms with Crippen molar-refractivity contribution in [1.82, 2.24) is 4.57 Å². The molecule has 0 unspecified atom stereocenters. The SMILES string of the molecule is CC(=O)c1ccc(NC(=O)[C@H](Cc2ccccc2)n2cccc2)cc1. The first-order valence-corrected chi connectivity index (χ1v) is 8.22. The molecule has 0 fully saturated rings. The van der Waals surface area contributed by atoms with Crippen molar-refractivity contribution in [3.8, 4) is 0 Å². The van der Waals surface area contributed by atoms with Crippen LogP contribution in [0.4, 0.5) is 5.69 Å². The maximum absolute atomic E-state index is 12.8. The van der Waals surface area contributed by atoms with Crippen molar-refractivity contribution in [2.45, 2.75) is 19.4 Å². The van der Waals surface area contributed by atoms with E-state index >= 15 is 0 Å². The average Bonchev–Trinajstić information content (AvgIpc) is 3.15. The van der Waals surface area contributed by atoms with Gasteiger partial charge in [-0.1, -0.05) is 30.3 Å². The number of hydrogen-bond acceptors (Lipinski definition) is 2. The highest BCUT2D eigenvalue weighted by molar-refractivity contribution is 5.96. The Balaban J connectivity index is 1.78. The molecule has 25 heavy (non-hydrogen) atoms. The van der Waals surface area contributed by atoms with Crippen molar-refractivity contribution in [3.63, 3.8) is 0 Å². The summed E-state index contributed by atoms with van der Waals surface area (Å²) in [4.78, 5) is 24.2. The molecule has 0 aliphatic carbocycles. The number of nitrogens with one attached hydrogen (secondary N) is 1. The molecule has 0 spiro atoms. The van der Waals surface area contributed by atoms with Crippen LogP contribution >= 0.6 is 0 Å². The Morgan fingerprint density at radius 2 is 1.56 bits per heavy atom. The van der Waals surface area contributed by atoms with Crippen LogP contribution in [0.25, 0.3) is 0 Å². The van der Waals surface area contributed by atoms with Crippen molar-refractivity contribution in [1.29, 1.82) is 0 Å². The Morgan fingerprint density at radius 3 is 2.16 bits per heavy atom. The fourth-order valence-corrected chi connectivity index (χ4v) is 2.74. The van der Waals surface area contributed by atoms with E-state index in [1.54, 1.807) is 24.3 Å². The van der Waals surface area contributed by atoms with Gasteiger partial charge in [-0.2, -0.15) is 0 Å². The highest BCUT2D eigenvalue weighted by Gasteiger charge is 2.20. The Bertz CT molecular complexity index is 837. The lowest BCUT2D eigenvalue weighted by Gasteiger charge is -2.19. The van der Waals surface area contributed by atoms with E-state index in [2.05, 4.69) is 5.32 Å². The third kappa shape index (κ3) is 4.23. The van der Waals surface area contributed by atoms with Gasteiger partial charge in [0.05, 0.1) is 0 Å². The van der Waals surface area contributed by atoms with Crippen LogP contribution in [0.1, 0.15) is 28.9 Å². The molecule has 4 heteroatoms. The van der Waals surface area contributed by atoms with E-state index in [1.165, 1.54) is 6.92 Å². The zero-order chi connectivity index (χ0) is 17.6. The number of rotatable bonds is 6. The van der Waals surface area contributed by atoms with Crippen molar-refractivity contribution >= 4 is 17.4 Å². The first kappa shape index (κ1) is 16.7. The standard InChI is InChI=1S/C21H20N2O2/c1-16(24)18-9-11-19(12-10-18)22-21(25)20(23-13-5-6-14-23)15-17-7-3-2-4-8-17/h2-14,20H,15H2,1H3,(H,22,25)/t20-/m0/s1. The van der Waals surface area contributed by atoms with Crippen LogP contribution in [0.2, 0.25) is 0 Å². The first-order valence-electron chi connectivity index (χ1n) is 8.22. The predicted octanol–water partition coefficient (Wildman–Crippen LogP) is 4.11. The minimum absolute atomic E-state index is 0.00664. The summed E-state index contributed by atoms with van der Waals surface area (Å²) in [6, 6.07) is 20.4. The van der Waals surface area contributed by atoms with Gasteiger partial charge in [-0.25, -0.2) is 0 Å². The fourth-order valence-electron chi connectivity index (χ4n) is 2.74. The molecule has 0 bridgehead atoms. The molecule has 1 N–H and O–H groups in total. The van der Waals surface area contributed by atoms with E-state index in [1.807, 2.05) is 59.4 Å². The number of carbonyl (C=O) groups excluding carboxylic acids is 2. The van der Waals surface area contributed by atoms with E-state index in [9.17, 15) is 9.59 Å². The summed E-state index contributed by atoms with van der Waals surface area (Å²) >= 11 is 0. The number of anilines is 1. The highest BCUT2D eigenvalue weighted by atomic mass is 16.2. The zero-order valence-corrected chi connectivity index (χ0v) is 14.1. The second-order valence-electron chi connectivity index (χ2n) is 5.96. The molecule has 0 saturated heterocycles. The van der Waals surface area contributed by atoms with E-state index in [4.69, 9.17) is 0 Å². The summed E-state index contributed by atoms with van der Waals surface area (Å²) in [5, 5.41) is 2.95. The Labute approximate surface area is 147 Å². The molecule has 0 saturated carbocycles. The molecule has 3 aromatic rings. The lowest BCUT2D eigenvalue weighted by molar-refractivity contribution is -0.119. The Hall–Kier alpha value is -3.14. The van der Waals surface area contributed by atoms with Gasteiger partial charge in [0.1, 0.15) is 6.04 Å². The quantitative estimate of drug-likeness (QED) is 0.691. The number of hydrogen-bond donors (Lipinski definition) is 1. The van der Waals surface area contributed by atoms with Gasteiger partial charge in [-0.05, 0) is 48.9 Å². The molecule has 126 valence electrons.